The third-order valence-corrected chi connectivity index (χ3v) is 5.21. The molecule has 2 nitrogen and oxygen atoms in total. The van der Waals surface area contributed by atoms with Gasteiger partial charge in [0, 0.05) is 19.6 Å². The Labute approximate surface area is 107 Å². The predicted octanol–water partition coefficient (Wildman–Crippen LogP) is 2.79. The van der Waals surface area contributed by atoms with Crippen molar-refractivity contribution in [3.8, 4) is 0 Å². The van der Waals surface area contributed by atoms with E-state index >= 15 is 0 Å². The number of hydrogen-bond acceptors (Lipinski definition) is 2. The van der Waals surface area contributed by atoms with Crippen LogP contribution in [0.25, 0.3) is 0 Å². The summed E-state index contributed by atoms with van der Waals surface area (Å²) in [5.74, 6) is 0.846. The maximum atomic E-state index is 3.80. The van der Waals surface area contributed by atoms with Gasteiger partial charge in [-0.05, 0) is 49.0 Å². The fraction of sp³-hybridized carbons (Fsp3) is 1.00. The van der Waals surface area contributed by atoms with Gasteiger partial charge >= 0.3 is 0 Å². The van der Waals surface area contributed by atoms with E-state index < -0.39 is 0 Å². The van der Waals surface area contributed by atoms with Crippen molar-refractivity contribution in [2.24, 2.45) is 16.7 Å². The Bertz CT molecular complexity index is 237. The van der Waals surface area contributed by atoms with Crippen molar-refractivity contribution in [1.29, 1.82) is 0 Å². The fourth-order valence-electron chi connectivity index (χ4n) is 3.47. The zero-order valence-electron chi connectivity index (χ0n) is 11.9. The summed E-state index contributed by atoms with van der Waals surface area (Å²) in [7, 11) is 0. The highest BCUT2D eigenvalue weighted by atomic mass is 15.0. The van der Waals surface area contributed by atoms with Crippen LogP contribution in [0.1, 0.15) is 52.9 Å². The summed E-state index contributed by atoms with van der Waals surface area (Å²) in [6.07, 6.45) is 6.94. The highest BCUT2D eigenvalue weighted by molar-refractivity contribution is 4.98. The van der Waals surface area contributed by atoms with Crippen molar-refractivity contribution in [2.75, 3.05) is 26.2 Å². The molecule has 1 saturated carbocycles. The molecule has 2 aliphatic rings. The van der Waals surface area contributed by atoms with Crippen molar-refractivity contribution < 1.29 is 0 Å². The highest BCUT2D eigenvalue weighted by Gasteiger charge is 2.45. The molecule has 0 bridgehead atoms. The molecule has 1 atom stereocenters. The molecule has 0 aromatic rings. The number of hydrogen-bond donors (Lipinski definition) is 2. The largest absolute Gasteiger partial charge is 0.316 e. The average molecular weight is 238 g/mol. The first-order valence-corrected chi connectivity index (χ1v) is 7.54. The van der Waals surface area contributed by atoms with Crippen LogP contribution in [0.4, 0.5) is 0 Å². The van der Waals surface area contributed by atoms with Crippen molar-refractivity contribution in [1.82, 2.24) is 10.6 Å². The molecule has 1 saturated heterocycles. The molecule has 17 heavy (non-hydrogen) atoms. The van der Waals surface area contributed by atoms with Crippen LogP contribution in [0, 0.1) is 16.7 Å². The molecular formula is C15H30N2. The Kier molecular flexibility index (Phi) is 4.14. The van der Waals surface area contributed by atoms with Crippen molar-refractivity contribution in [3.05, 3.63) is 0 Å². The molecule has 1 aliphatic carbocycles. The Morgan fingerprint density at radius 1 is 1.18 bits per heavy atom. The van der Waals surface area contributed by atoms with Crippen LogP contribution < -0.4 is 10.6 Å². The second-order valence-corrected chi connectivity index (χ2v) is 6.80. The molecule has 1 unspecified atom stereocenters. The summed E-state index contributed by atoms with van der Waals surface area (Å²) >= 11 is 0. The van der Waals surface area contributed by atoms with E-state index in [1.165, 1.54) is 58.3 Å². The van der Waals surface area contributed by atoms with E-state index in [1.807, 2.05) is 0 Å². The lowest BCUT2D eigenvalue weighted by atomic mass is 9.82. The van der Waals surface area contributed by atoms with E-state index in [0.29, 0.717) is 10.8 Å². The lowest BCUT2D eigenvalue weighted by Gasteiger charge is -2.30. The Hall–Kier alpha value is -0.0800. The molecule has 100 valence electrons. The van der Waals surface area contributed by atoms with Gasteiger partial charge in [0.25, 0.3) is 0 Å². The summed E-state index contributed by atoms with van der Waals surface area (Å²) in [4.78, 5) is 0. The number of nitrogens with one attached hydrogen (secondary N) is 2. The zero-order chi connectivity index (χ0) is 12.4. The zero-order valence-corrected chi connectivity index (χ0v) is 11.9. The minimum Gasteiger partial charge on any atom is -0.316 e. The van der Waals surface area contributed by atoms with Crippen LogP contribution >= 0.6 is 0 Å². The Morgan fingerprint density at radius 3 is 2.41 bits per heavy atom. The van der Waals surface area contributed by atoms with E-state index in [9.17, 15) is 0 Å². The molecular weight excluding hydrogens is 208 g/mol. The monoisotopic (exact) mass is 238 g/mol. The molecule has 0 spiro atoms. The normalized spacial score (nSPS) is 31.1. The first-order chi connectivity index (χ1) is 8.13. The topological polar surface area (TPSA) is 24.1 Å². The van der Waals surface area contributed by atoms with Gasteiger partial charge in [0.2, 0.25) is 0 Å². The summed E-state index contributed by atoms with van der Waals surface area (Å²) in [6, 6.07) is 0. The summed E-state index contributed by atoms with van der Waals surface area (Å²) in [5.41, 5.74) is 1.21. The summed E-state index contributed by atoms with van der Waals surface area (Å²) in [5, 5.41) is 7.34. The molecule has 0 aromatic heterocycles. The molecule has 2 N–H and O–H groups in total. The molecule has 2 heteroatoms. The van der Waals surface area contributed by atoms with Crippen LogP contribution in [-0.4, -0.2) is 26.2 Å². The number of rotatable bonds is 7. The van der Waals surface area contributed by atoms with Crippen LogP contribution in [0.3, 0.4) is 0 Å². The van der Waals surface area contributed by atoms with Crippen LogP contribution in [-0.2, 0) is 0 Å². The average Bonchev–Trinajstić information content (AvgIpc) is 2.94. The minimum atomic E-state index is 0.557. The third kappa shape index (κ3) is 3.03. The van der Waals surface area contributed by atoms with Gasteiger partial charge in [-0.25, -0.2) is 0 Å². The van der Waals surface area contributed by atoms with Gasteiger partial charge in [-0.3, -0.25) is 0 Å². The first-order valence-electron chi connectivity index (χ1n) is 7.54. The maximum absolute atomic E-state index is 3.80. The highest BCUT2D eigenvalue weighted by Crippen LogP contribution is 2.51. The van der Waals surface area contributed by atoms with Crippen LogP contribution in [0.2, 0.25) is 0 Å². The van der Waals surface area contributed by atoms with Crippen molar-refractivity contribution in [2.45, 2.75) is 52.9 Å². The molecule has 0 amide bonds. The lowest BCUT2D eigenvalue weighted by Crippen LogP contribution is -2.39. The third-order valence-electron chi connectivity index (χ3n) is 5.21. The Morgan fingerprint density at radius 2 is 1.94 bits per heavy atom. The van der Waals surface area contributed by atoms with E-state index in [4.69, 9.17) is 0 Å². The van der Waals surface area contributed by atoms with E-state index in [2.05, 4.69) is 31.4 Å². The van der Waals surface area contributed by atoms with Gasteiger partial charge in [0.05, 0.1) is 0 Å². The van der Waals surface area contributed by atoms with Gasteiger partial charge < -0.3 is 10.6 Å². The van der Waals surface area contributed by atoms with Gasteiger partial charge in [-0.1, -0.05) is 27.2 Å². The van der Waals surface area contributed by atoms with Gasteiger partial charge in [-0.15, -0.1) is 0 Å². The van der Waals surface area contributed by atoms with Crippen LogP contribution in [0.5, 0.6) is 0 Å². The SMILES string of the molecule is CCCC1(CNCC2(C(C)C)CC2)CCNC1. The quantitative estimate of drug-likeness (QED) is 0.713. The second kappa shape index (κ2) is 5.27. The van der Waals surface area contributed by atoms with Gasteiger partial charge in [0.1, 0.15) is 0 Å². The second-order valence-electron chi connectivity index (χ2n) is 6.80. The van der Waals surface area contributed by atoms with Crippen molar-refractivity contribution in [3.63, 3.8) is 0 Å². The molecule has 2 rings (SSSR count). The lowest BCUT2D eigenvalue weighted by molar-refractivity contribution is 0.252. The van der Waals surface area contributed by atoms with E-state index in [0.717, 1.165) is 5.92 Å². The van der Waals surface area contributed by atoms with Gasteiger partial charge in [0.15, 0.2) is 0 Å². The standard InChI is InChI=1S/C15H30N2/c1-4-5-14(8-9-16-10-14)11-17-12-15(6-7-15)13(2)3/h13,16-17H,4-12H2,1-3H3. The summed E-state index contributed by atoms with van der Waals surface area (Å²) in [6.45, 7) is 12.0. The minimum absolute atomic E-state index is 0.557. The van der Waals surface area contributed by atoms with E-state index in [1.54, 1.807) is 0 Å². The Balaban J connectivity index is 1.76. The molecule has 2 fully saturated rings. The van der Waals surface area contributed by atoms with E-state index in [-0.39, 0.29) is 0 Å². The molecule has 0 aromatic carbocycles. The van der Waals surface area contributed by atoms with Crippen LogP contribution in [0.15, 0.2) is 0 Å². The smallest absolute Gasteiger partial charge is 0.00207 e. The summed E-state index contributed by atoms with van der Waals surface area (Å²) < 4.78 is 0. The first kappa shape index (κ1) is 13.4. The molecule has 1 aliphatic heterocycles. The van der Waals surface area contributed by atoms with Crippen molar-refractivity contribution >= 4 is 0 Å². The maximum Gasteiger partial charge on any atom is 0.00207 e. The molecule has 0 radical (unpaired) electrons. The van der Waals surface area contributed by atoms with Gasteiger partial charge in [-0.2, -0.15) is 0 Å². The molecule has 1 heterocycles. The predicted molar refractivity (Wildman–Crippen MR) is 74.2 cm³/mol. The fourth-order valence-corrected chi connectivity index (χ4v) is 3.47.